The first-order valence-electron chi connectivity index (χ1n) is 6.37. The highest BCUT2D eigenvalue weighted by Crippen LogP contribution is 2.26. The van der Waals surface area contributed by atoms with Crippen LogP contribution in [0.3, 0.4) is 0 Å². The molecule has 1 nitrogen and oxygen atoms in total. The van der Waals surface area contributed by atoms with Crippen molar-refractivity contribution in [3.63, 3.8) is 0 Å². The zero-order valence-corrected chi connectivity index (χ0v) is 11.1. The topological polar surface area (TPSA) is 12.0 Å². The van der Waals surface area contributed by atoms with E-state index in [1.54, 1.807) is 0 Å². The monoisotopic (exact) mass is 259 g/mol. The molecule has 0 heterocycles. The smallest absolute Gasteiger partial charge is 0.161 e. The van der Waals surface area contributed by atoms with Crippen molar-refractivity contribution < 1.29 is 13.2 Å². The third kappa shape index (κ3) is 3.73. The molecule has 0 aliphatic carbocycles. The maximum atomic E-state index is 13.7. The highest BCUT2D eigenvalue weighted by Gasteiger charge is 2.19. The summed E-state index contributed by atoms with van der Waals surface area (Å²) in [5.74, 6) is -2.45. The fourth-order valence-corrected chi connectivity index (χ4v) is 1.94. The Balaban J connectivity index is 3.01. The van der Waals surface area contributed by atoms with E-state index in [0.717, 1.165) is 12.5 Å². The lowest BCUT2D eigenvalue weighted by Gasteiger charge is -2.22. The quantitative estimate of drug-likeness (QED) is 0.755. The second kappa shape index (κ2) is 6.78. The second-order valence-electron chi connectivity index (χ2n) is 4.65. The van der Waals surface area contributed by atoms with Crippen molar-refractivity contribution >= 4 is 0 Å². The zero-order chi connectivity index (χ0) is 13.7. The lowest BCUT2D eigenvalue weighted by Crippen LogP contribution is -2.24. The summed E-state index contributed by atoms with van der Waals surface area (Å²) in [5.41, 5.74) is 0.205. The number of hydrogen-bond donors (Lipinski definition) is 1. The van der Waals surface area contributed by atoms with Gasteiger partial charge in [0.2, 0.25) is 0 Å². The molecule has 1 aromatic rings. The van der Waals surface area contributed by atoms with Crippen LogP contribution < -0.4 is 5.32 Å². The molecule has 0 amide bonds. The lowest BCUT2D eigenvalue weighted by atomic mass is 9.93. The van der Waals surface area contributed by atoms with Crippen LogP contribution in [0.4, 0.5) is 13.2 Å². The summed E-state index contributed by atoms with van der Waals surface area (Å²) in [6.45, 7) is 6.67. The fourth-order valence-electron chi connectivity index (χ4n) is 1.94. The largest absolute Gasteiger partial charge is 0.310 e. The van der Waals surface area contributed by atoms with Crippen LogP contribution in [-0.4, -0.2) is 6.54 Å². The van der Waals surface area contributed by atoms with Gasteiger partial charge >= 0.3 is 0 Å². The van der Waals surface area contributed by atoms with Crippen molar-refractivity contribution in [3.05, 3.63) is 35.1 Å². The minimum absolute atomic E-state index is 0.205. The predicted molar refractivity (Wildman–Crippen MR) is 66.8 cm³/mol. The number of nitrogens with one attached hydrogen (secondary N) is 1. The van der Waals surface area contributed by atoms with Gasteiger partial charge in [0.15, 0.2) is 11.6 Å². The maximum absolute atomic E-state index is 13.7. The first-order chi connectivity index (χ1) is 8.49. The van der Waals surface area contributed by atoms with E-state index >= 15 is 0 Å². The molecular formula is C14H20F3N. The number of rotatable bonds is 6. The van der Waals surface area contributed by atoms with E-state index in [2.05, 4.69) is 19.2 Å². The summed E-state index contributed by atoms with van der Waals surface area (Å²) < 4.78 is 39.8. The van der Waals surface area contributed by atoms with Crippen LogP contribution in [0.1, 0.15) is 45.2 Å². The SMILES string of the molecule is CCNC(CC(C)CC)c1cc(F)c(F)cc1F. The summed E-state index contributed by atoms with van der Waals surface area (Å²) in [7, 11) is 0. The van der Waals surface area contributed by atoms with Crippen molar-refractivity contribution in [3.8, 4) is 0 Å². The average molecular weight is 259 g/mol. The Morgan fingerprint density at radius 1 is 1.06 bits per heavy atom. The minimum atomic E-state index is -1.14. The van der Waals surface area contributed by atoms with E-state index in [-0.39, 0.29) is 11.6 Å². The molecule has 0 saturated heterocycles. The molecule has 0 bridgehead atoms. The normalized spacial score (nSPS) is 14.6. The van der Waals surface area contributed by atoms with Gasteiger partial charge in [0.05, 0.1) is 0 Å². The Labute approximate surface area is 106 Å². The van der Waals surface area contributed by atoms with Gasteiger partial charge in [-0.15, -0.1) is 0 Å². The molecule has 18 heavy (non-hydrogen) atoms. The Bertz CT molecular complexity index is 393. The molecule has 2 atom stereocenters. The molecule has 1 rings (SSSR count). The van der Waals surface area contributed by atoms with E-state index < -0.39 is 17.5 Å². The van der Waals surface area contributed by atoms with Crippen LogP contribution >= 0.6 is 0 Å². The summed E-state index contributed by atoms with van der Waals surface area (Å²) in [5, 5.41) is 3.12. The molecule has 0 fully saturated rings. The molecule has 0 radical (unpaired) electrons. The van der Waals surface area contributed by atoms with Crippen LogP contribution in [-0.2, 0) is 0 Å². The Morgan fingerprint density at radius 2 is 1.67 bits per heavy atom. The van der Waals surface area contributed by atoms with Crippen LogP contribution in [0, 0.1) is 23.4 Å². The third-order valence-corrected chi connectivity index (χ3v) is 3.20. The molecule has 4 heteroatoms. The van der Waals surface area contributed by atoms with Crippen molar-refractivity contribution in [1.82, 2.24) is 5.32 Å². The Morgan fingerprint density at radius 3 is 2.22 bits per heavy atom. The van der Waals surface area contributed by atoms with Gasteiger partial charge in [-0.05, 0) is 24.9 Å². The zero-order valence-electron chi connectivity index (χ0n) is 11.1. The number of halogens is 3. The fraction of sp³-hybridized carbons (Fsp3) is 0.571. The average Bonchev–Trinajstić information content (AvgIpc) is 2.33. The van der Waals surface area contributed by atoms with E-state index in [1.165, 1.54) is 0 Å². The van der Waals surface area contributed by atoms with E-state index in [9.17, 15) is 13.2 Å². The van der Waals surface area contributed by atoms with Gasteiger partial charge in [-0.2, -0.15) is 0 Å². The van der Waals surface area contributed by atoms with Crippen LogP contribution in [0.25, 0.3) is 0 Å². The predicted octanol–water partition coefficient (Wildman–Crippen LogP) is 4.19. The van der Waals surface area contributed by atoms with Crippen molar-refractivity contribution in [1.29, 1.82) is 0 Å². The van der Waals surface area contributed by atoms with Gasteiger partial charge in [0, 0.05) is 17.7 Å². The van der Waals surface area contributed by atoms with E-state index in [0.29, 0.717) is 24.9 Å². The van der Waals surface area contributed by atoms with E-state index in [4.69, 9.17) is 0 Å². The van der Waals surface area contributed by atoms with Gasteiger partial charge in [0.1, 0.15) is 5.82 Å². The first-order valence-corrected chi connectivity index (χ1v) is 6.37. The molecule has 0 saturated carbocycles. The first kappa shape index (κ1) is 15.0. The molecule has 2 unspecified atom stereocenters. The van der Waals surface area contributed by atoms with Gasteiger partial charge in [-0.1, -0.05) is 27.2 Å². The summed E-state index contributed by atoms with van der Waals surface area (Å²) in [6, 6.07) is 1.30. The molecule has 102 valence electrons. The van der Waals surface area contributed by atoms with Crippen molar-refractivity contribution in [2.45, 2.75) is 39.7 Å². The molecule has 0 aliphatic heterocycles. The van der Waals surface area contributed by atoms with Crippen molar-refractivity contribution in [2.24, 2.45) is 5.92 Å². The lowest BCUT2D eigenvalue weighted by molar-refractivity contribution is 0.392. The van der Waals surface area contributed by atoms with Gasteiger partial charge in [-0.3, -0.25) is 0 Å². The standard InChI is InChI=1S/C14H20F3N/c1-4-9(3)6-14(18-5-2)10-7-12(16)13(17)8-11(10)15/h7-9,14,18H,4-6H2,1-3H3. The minimum Gasteiger partial charge on any atom is -0.310 e. The van der Waals surface area contributed by atoms with Crippen LogP contribution in [0.5, 0.6) is 0 Å². The highest BCUT2D eigenvalue weighted by molar-refractivity contribution is 5.23. The van der Waals surface area contributed by atoms with Gasteiger partial charge in [-0.25, -0.2) is 13.2 Å². The Hall–Kier alpha value is -1.03. The molecular weight excluding hydrogens is 239 g/mol. The molecule has 0 aliphatic rings. The summed E-state index contributed by atoms with van der Waals surface area (Å²) in [4.78, 5) is 0. The van der Waals surface area contributed by atoms with Gasteiger partial charge < -0.3 is 5.32 Å². The molecule has 1 N–H and O–H groups in total. The third-order valence-electron chi connectivity index (χ3n) is 3.20. The van der Waals surface area contributed by atoms with Crippen molar-refractivity contribution in [2.75, 3.05) is 6.54 Å². The molecule has 0 aromatic heterocycles. The number of benzene rings is 1. The summed E-state index contributed by atoms with van der Waals surface area (Å²) >= 11 is 0. The highest BCUT2D eigenvalue weighted by atomic mass is 19.2. The number of hydrogen-bond acceptors (Lipinski definition) is 1. The van der Waals surface area contributed by atoms with E-state index in [1.807, 2.05) is 6.92 Å². The summed E-state index contributed by atoms with van der Waals surface area (Å²) in [6.07, 6.45) is 1.67. The second-order valence-corrected chi connectivity index (χ2v) is 4.65. The van der Waals surface area contributed by atoms with Gasteiger partial charge in [0.25, 0.3) is 0 Å². The van der Waals surface area contributed by atoms with Crippen LogP contribution in [0.15, 0.2) is 12.1 Å². The van der Waals surface area contributed by atoms with Crippen LogP contribution in [0.2, 0.25) is 0 Å². The molecule has 1 aromatic carbocycles. The Kier molecular flexibility index (Phi) is 5.66. The maximum Gasteiger partial charge on any atom is 0.161 e. The molecule has 0 spiro atoms.